The van der Waals surface area contributed by atoms with E-state index >= 15 is 0 Å². The van der Waals surface area contributed by atoms with E-state index in [2.05, 4.69) is 10.6 Å². The van der Waals surface area contributed by atoms with Crippen molar-refractivity contribution in [1.29, 1.82) is 0 Å². The number of rotatable bonds is 2. The molecular formula is C14H9F2IN2OS. The predicted octanol–water partition coefficient (Wildman–Crippen LogP) is 3.70. The quantitative estimate of drug-likeness (QED) is 0.578. The average Bonchev–Trinajstić information content (AvgIpc) is 2.42. The molecule has 2 aromatic rings. The summed E-state index contributed by atoms with van der Waals surface area (Å²) in [6.07, 6.45) is 0. The first-order valence-electron chi connectivity index (χ1n) is 5.79. The zero-order chi connectivity index (χ0) is 15.4. The topological polar surface area (TPSA) is 41.1 Å². The number of carbonyl (C=O) groups is 1. The fourth-order valence-corrected chi connectivity index (χ4v) is 2.22. The molecule has 0 aliphatic carbocycles. The van der Waals surface area contributed by atoms with Crippen molar-refractivity contribution in [2.75, 3.05) is 5.32 Å². The van der Waals surface area contributed by atoms with Crippen molar-refractivity contribution >= 4 is 51.5 Å². The summed E-state index contributed by atoms with van der Waals surface area (Å²) in [5.41, 5.74) is -0.000943. The molecule has 0 unspecified atom stereocenters. The zero-order valence-corrected chi connectivity index (χ0v) is 13.5. The van der Waals surface area contributed by atoms with E-state index in [0.717, 1.165) is 3.57 Å². The Hall–Kier alpha value is -1.61. The molecule has 3 nitrogen and oxygen atoms in total. The molecule has 21 heavy (non-hydrogen) atoms. The molecule has 2 N–H and O–H groups in total. The number of amides is 1. The molecule has 0 spiro atoms. The predicted molar refractivity (Wildman–Crippen MR) is 89.2 cm³/mol. The molecule has 1 amide bonds. The van der Waals surface area contributed by atoms with E-state index < -0.39 is 17.5 Å². The van der Waals surface area contributed by atoms with E-state index in [9.17, 15) is 13.6 Å². The SMILES string of the molecule is O=C(NC(=S)Nc1ccc(I)cc1F)c1ccccc1F. The number of hydrogen-bond acceptors (Lipinski definition) is 2. The minimum Gasteiger partial charge on any atom is -0.330 e. The lowest BCUT2D eigenvalue weighted by molar-refractivity contribution is 0.0974. The lowest BCUT2D eigenvalue weighted by Crippen LogP contribution is -2.34. The van der Waals surface area contributed by atoms with Gasteiger partial charge >= 0.3 is 0 Å². The Morgan fingerprint density at radius 3 is 2.48 bits per heavy atom. The van der Waals surface area contributed by atoms with Crippen LogP contribution in [0.4, 0.5) is 14.5 Å². The van der Waals surface area contributed by atoms with Crippen molar-refractivity contribution in [1.82, 2.24) is 5.32 Å². The number of halogens is 3. The molecule has 0 heterocycles. The van der Waals surface area contributed by atoms with E-state index in [4.69, 9.17) is 12.2 Å². The Morgan fingerprint density at radius 1 is 1.10 bits per heavy atom. The summed E-state index contributed by atoms with van der Waals surface area (Å²) in [7, 11) is 0. The summed E-state index contributed by atoms with van der Waals surface area (Å²) >= 11 is 6.89. The van der Waals surface area contributed by atoms with E-state index in [1.165, 1.54) is 36.4 Å². The van der Waals surface area contributed by atoms with E-state index in [1.807, 2.05) is 22.6 Å². The van der Waals surface area contributed by atoms with Crippen molar-refractivity contribution < 1.29 is 13.6 Å². The van der Waals surface area contributed by atoms with Gasteiger partial charge in [-0.1, -0.05) is 12.1 Å². The van der Waals surface area contributed by atoms with Gasteiger partial charge in [-0.05, 0) is 65.1 Å². The van der Waals surface area contributed by atoms with E-state index in [-0.39, 0.29) is 16.4 Å². The van der Waals surface area contributed by atoms with Gasteiger partial charge in [-0.25, -0.2) is 8.78 Å². The van der Waals surface area contributed by atoms with Gasteiger partial charge in [-0.2, -0.15) is 0 Å². The minimum atomic E-state index is -0.698. The smallest absolute Gasteiger partial charge is 0.260 e. The average molecular weight is 418 g/mol. The second kappa shape index (κ2) is 6.90. The number of benzene rings is 2. The maximum Gasteiger partial charge on any atom is 0.260 e. The van der Waals surface area contributed by atoms with Crippen molar-refractivity contribution in [3.63, 3.8) is 0 Å². The molecule has 0 aliphatic rings. The van der Waals surface area contributed by atoms with Crippen LogP contribution in [0.1, 0.15) is 10.4 Å². The lowest BCUT2D eigenvalue weighted by Gasteiger charge is -2.10. The number of hydrogen-bond donors (Lipinski definition) is 2. The van der Waals surface area contributed by atoms with Gasteiger partial charge in [-0.3, -0.25) is 10.1 Å². The molecule has 0 aliphatic heterocycles. The van der Waals surface area contributed by atoms with Crippen LogP contribution in [-0.2, 0) is 0 Å². The Kier molecular flexibility index (Phi) is 5.18. The van der Waals surface area contributed by atoms with Crippen LogP contribution < -0.4 is 10.6 Å². The van der Waals surface area contributed by atoms with E-state index in [1.54, 1.807) is 6.07 Å². The van der Waals surface area contributed by atoms with Crippen LogP contribution in [0, 0.1) is 15.2 Å². The normalized spacial score (nSPS) is 10.0. The summed E-state index contributed by atoms with van der Waals surface area (Å²) in [6, 6.07) is 10.0. The first-order valence-corrected chi connectivity index (χ1v) is 7.28. The van der Waals surface area contributed by atoms with Gasteiger partial charge < -0.3 is 5.32 Å². The fourth-order valence-electron chi connectivity index (χ4n) is 1.56. The van der Waals surface area contributed by atoms with Crippen LogP contribution in [0.15, 0.2) is 42.5 Å². The highest BCUT2D eigenvalue weighted by atomic mass is 127. The van der Waals surface area contributed by atoms with Crippen molar-refractivity contribution in [3.05, 3.63) is 63.2 Å². The first kappa shape index (κ1) is 15.8. The zero-order valence-electron chi connectivity index (χ0n) is 10.5. The van der Waals surface area contributed by atoms with Crippen LogP contribution in [-0.4, -0.2) is 11.0 Å². The maximum atomic E-state index is 13.6. The highest BCUT2D eigenvalue weighted by Crippen LogP contribution is 2.16. The highest BCUT2D eigenvalue weighted by molar-refractivity contribution is 14.1. The second-order valence-electron chi connectivity index (χ2n) is 4.01. The summed E-state index contributed by atoms with van der Waals surface area (Å²) in [5, 5.41) is 4.75. The highest BCUT2D eigenvalue weighted by Gasteiger charge is 2.13. The number of thiocarbonyl (C=S) groups is 1. The van der Waals surface area contributed by atoms with E-state index in [0.29, 0.717) is 0 Å². The Labute approximate surface area is 138 Å². The molecule has 2 rings (SSSR count). The number of carbonyl (C=O) groups excluding carboxylic acids is 1. The second-order valence-corrected chi connectivity index (χ2v) is 5.67. The largest absolute Gasteiger partial charge is 0.330 e. The third kappa shape index (κ3) is 4.18. The van der Waals surface area contributed by atoms with Gasteiger partial charge in [0.2, 0.25) is 0 Å². The van der Waals surface area contributed by atoms with Gasteiger partial charge in [0.25, 0.3) is 5.91 Å². The minimum absolute atomic E-state index is 0.108. The molecule has 108 valence electrons. The summed E-state index contributed by atoms with van der Waals surface area (Å²) in [5.74, 6) is -1.85. The molecule has 0 saturated heterocycles. The lowest BCUT2D eigenvalue weighted by atomic mass is 10.2. The van der Waals surface area contributed by atoms with Gasteiger partial charge in [0.15, 0.2) is 5.11 Å². The van der Waals surface area contributed by atoms with Crippen LogP contribution >= 0.6 is 34.8 Å². The molecule has 2 aromatic carbocycles. The van der Waals surface area contributed by atoms with Crippen LogP contribution in [0.25, 0.3) is 0 Å². The third-order valence-electron chi connectivity index (χ3n) is 2.52. The Balaban J connectivity index is 2.05. The van der Waals surface area contributed by atoms with Crippen molar-refractivity contribution in [3.8, 4) is 0 Å². The molecule has 0 radical (unpaired) electrons. The monoisotopic (exact) mass is 418 g/mol. The Morgan fingerprint density at radius 2 is 1.81 bits per heavy atom. The molecule has 0 fully saturated rings. The molecule has 0 atom stereocenters. The van der Waals surface area contributed by atoms with Crippen LogP contribution in [0.5, 0.6) is 0 Å². The maximum absolute atomic E-state index is 13.6. The summed E-state index contributed by atoms with van der Waals surface area (Å²) < 4.78 is 27.8. The number of nitrogens with one attached hydrogen (secondary N) is 2. The molecule has 7 heteroatoms. The van der Waals surface area contributed by atoms with Crippen LogP contribution in [0.2, 0.25) is 0 Å². The standard InChI is InChI=1S/C14H9F2IN2OS/c15-10-4-2-1-3-9(10)13(20)19-14(21)18-12-6-5-8(17)7-11(12)16/h1-7H,(H2,18,19,20,21). The summed E-state index contributed by atoms with van der Waals surface area (Å²) in [4.78, 5) is 11.8. The van der Waals surface area contributed by atoms with Crippen molar-refractivity contribution in [2.24, 2.45) is 0 Å². The van der Waals surface area contributed by atoms with Gasteiger partial charge in [-0.15, -0.1) is 0 Å². The molecular weight excluding hydrogens is 409 g/mol. The number of anilines is 1. The van der Waals surface area contributed by atoms with Crippen molar-refractivity contribution in [2.45, 2.75) is 0 Å². The van der Waals surface area contributed by atoms with Gasteiger partial charge in [0.05, 0.1) is 11.3 Å². The molecule has 0 saturated carbocycles. The van der Waals surface area contributed by atoms with Gasteiger partial charge in [0.1, 0.15) is 11.6 Å². The third-order valence-corrected chi connectivity index (χ3v) is 3.40. The first-order chi connectivity index (χ1) is 9.97. The molecule has 0 bridgehead atoms. The summed E-state index contributed by atoms with van der Waals surface area (Å²) in [6.45, 7) is 0. The van der Waals surface area contributed by atoms with Crippen LogP contribution in [0.3, 0.4) is 0 Å². The molecule has 0 aromatic heterocycles. The Bertz CT molecular complexity index is 709. The van der Waals surface area contributed by atoms with Gasteiger partial charge in [0, 0.05) is 3.57 Å². The fraction of sp³-hybridized carbons (Fsp3) is 0.